The minimum atomic E-state index is 0.447. The quantitative estimate of drug-likeness (QED) is 0.922. The lowest BCUT2D eigenvalue weighted by molar-refractivity contribution is 0.955. The first-order valence-corrected chi connectivity index (χ1v) is 6.10. The van der Waals surface area contributed by atoms with E-state index in [1.807, 2.05) is 25.1 Å². The first-order chi connectivity index (χ1) is 7.19. The third kappa shape index (κ3) is 2.42. The van der Waals surface area contributed by atoms with Gasteiger partial charge in [0, 0.05) is 12.2 Å². The van der Waals surface area contributed by atoms with Crippen LogP contribution in [0.15, 0.2) is 22.0 Å². The standard InChI is InChI=1S/C10H10BrN3S/c1-6-4-7(5-12)14-10(13-6)8-2-3-9(11)15-8/h2-4H,5,12H2,1H3. The fourth-order valence-electron chi connectivity index (χ4n) is 1.28. The topological polar surface area (TPSA) is 51.8 Å². The number of hydrogen-bond acceptors (Lipinski definition) is 4. The Labute approximate surface area is 101 Å². The highest BCUT2D eigenvalue weighted by Gasteiger charge is 2.06. The van der Waals surface area contributed by atoms with Crippen LogP contribution in [0.5, 0.6) is 0 Å². The molecule has 2 aromatic heterocycles. The van der Waals surface area contributed by atoms with Crippen LogP contribution in [0.25, 0.3) is 10.7 Å². The molecule has 0 spiro atoms. The molecule has 0 fully saturated rings. The predicted molar refractivity (Wildman–Crippen MR) is 65.7 cm³/mol. The number of nitrogens with zero attached hydrogens (tertiary/aromatic N) is 2. The summed E-state index contributed by atoms with van der Waals surface area (Å²) in [7, 11) is 0. The normalized spacial score (nSPS) is 10.6. The molecule has 0 aliphatic rings. The third-order valence-corrected chi connectivity index (χ3v) is 3.53. The molecule has 2 rings (SSSR count). The number of thiophene rings is 1. The smallest absolute Gasteiger partial charge is 0.169 e. The molecule has 0 unspecified atom stereocenters. The van der Waals surface area contributed by atoms with E-state index in [-0.39, 0.29) is 0 Å². The Hall–Kier alpha value is -0.780. The number of aromatic nitrogens is 2. The van der Waals surface area contributed by atoms with Gasteiger partial charge in [0.1, 0.15) is 0 Å². The van der Waals surface area contributed by atoms with Crippen molar-refractivity contribution in [1.82, 2.24) is 9.97 Å². The second-order valence-electron chi connectivity index (χ2n) is 3.13. The molecule has 2 aromatic rings. The molecule has 3 nitrogen and oxygen atoms in total. The van der Waals surface area contributed by atoms with Crippen LogP contribution in [0.3, 0.4) is 0 Å². The van der Waals surface area contributed by atoms with Crippen LogP contribution < -0.4 is 5.73 Å². The minimum absolute atomic E-state index is 0.447. The van der Waals surface area contributed by atoms with Crippen molar-refractivity contribution in [1.29, 1.82) is 0 Å². The molecule has 0 aliphatic heterocycles. The summed E-state index contributed by atoms with van der Waals surface area (Å²) in [6.07, 6.45) is 0. The summed E-state index contributed by atoms with van der Waals surface area (Å²) < 4.78 is 1.08. The van der Waals surface area contributed by atoms with Gasteiger partial charge in [-0.2, -0.15) is 0 Å². The molecule has 0 bridgehead atoms. The molecule has 0 saturated heterocycles. The maximum absolute atomic E-state index is 5.57. The van der Waals surface area contributed by atoms with E-state index in [0.717, 1.165) is 25.9 Å². The van der Waals surface area contributed by atoms with Gasteiger partial charge in [0.15, 0.2) is 5.82 Å². The lowest BCUT2D eigenvalue weighted by atomic mass is 10.3. The van der Waals surface area contributed by atoms with Gasteiger partial charge in [-0.15, -0.1) is 11.3 Å². The van der Waals surface area contributed by atoms with Crippen LogP contribution in [0.1, 0.15) is 11.4 Å². The fraction of sp³-hybridized carbons (Fsp3) is 0.200. The molecule has 15 heavy (non-hydrogen) atoms. The summed E-state index contributed by atoms with van der Waals surface area (Å²) in [6.45, 7) is 2.40. The Balaban J connectivity index is 2.48. The van der Waals surface area contributed by atoms with E-state index in [4.69, 9.17) is 5.73 Å². The molecule has 5 heteroatoms. The van der Waals surface area contributed by atoms with Crippen molar-refractivity contribution in [2.24, 2.45) is 5.73 Å². The van der Waals surface area contributed by atoms with E-state index in [9.17, 15) is 0 Å². The second kappa shape index (κ2) is 4.38. The largest absolute Gasteiger partial charge is 0.325 e. The molecular weight excluding hydrogens is 274 g/mol. The lowest BCUT2D eigenvalue weighted by Crippen LogP contribution is -2.02. The van der Waals surface area contributed by atoms with E-state index in [1.54, 1.807) is 11.3 Å². The summed E-state index contributed by atoms with van der Waals surface area (Å²) in [5, 5.41) is 0. The van der Waals surface area contributed by atoms with Gasteiger partial charge in [0.2, 0.25) is 0 Å². The number of rotatable bonds is 2. The van der Waals surface area contributed by atoms with E-state index in [1.165, 1.54) is 0 Å². The van der Waals surface area contributed by atoms with Crippen LogP contribution in [-0.4, -0.2) is 9.97 Å². The molecule has 0 aromatic carbocycles. The van der Waals surface area contributed by atoms with Crippen molar-refractivity contribution in [3.63, 3.8) is 0 Å². The van der Waals surface area contributed by atoms with Crippen molar-refractivity contribution in [3.8, 4) is 10.7 Å². The van der Waals surface area contributed by atoms with Crippen LogP contribution in [-0.2, 0) is 6.54 Å². The van der Waals surface area contributed by atoms with Crippen LogP contribution in [0.2, 0.25) is 0 Å². The molecule has 0 atom stereocenters. The third-order valence-electron chi connectivity index (χ3n) is 1.91. The van der Waals surface area contributed by atoms with Gasteiger partial charge in [-0.3, -0.25) is 0 Å². The Kier molecular flexibility index (Phi) is 3.14. The highest BCUT2D eigenvalue weighted by molar-refractivity contribution is 9.11. The zero-order valence-electron chi connectivity index (χ0n) is 8.20. The van der Waals surface area contributed by atoms with E-state index in [2.05, 4.69) is 25.9 Å². The number of hydrogen-bond donors (Lipinski definition) is 1. The molecule has 2 N–H and O–H groups in total. The molecule has 0 amide bonds. The van der Waals surface area contributed by atoms with Crippen molar-refractivity contribution in [2.75, 3.05) is 0 Å². The molecule has 2 heterocycles. The van der Waals surface area contributed by atoms with Gasteiger partial charge in [-0.25, -0.2) is 9.97 Å². The predicted octanol–water partition coefficient (Wildman–Crippen LogP) is 2.73. The van der Waals surface area contributed by atoms with Gasteiger partial charge in [-0.05, 0) is 41.1 Å². The summed E-state index contributed by atoms with van der Waals surface area (Å²) in [6, 6.07) is 5.91. The minimum Gasteiger partial charge on any atom is -0.325 e. The Bertz CT molecular complexity index is 481. The van der Waals surface area contributed by atoms with Crippen molar-refractivity contribution in [3.05, 3.63) is 33.4 Å². The zero-order valence-corrected chi connectivity index (χ0v) is 10.6. The second-order valence-corrected chi connectivity index (χ2v) is 5.60. The van der Waals surface area contributed by atoms with Gasteiger partial charge in [0.25, 0.3) is 0 Å². The van der Waals surface area contributed by atoms with E-state index in [0.29, 0.717) is 6.54 Å². The number of nitrogens with two attached hydrogens (primary N) is 1. The Morgan fingerprint density at radius 1 is 1.40 bits per heavy atom. The van der Waals surface area contributed by atoms with Crippen molar-refractivity contribution >= 4 is 27.3 Å². The monoisotopic (exact) mass is 283 g/mol. The van der Waals surface area contributed by atoms with Crippen molar-refractivity contribution in [2.45, 2.75) is 13.5 Å². The number of aryl methyl sites for hydroxylation is 1. The molecule has 0 aliphatic carbocycles. The molecule has 0 radical (unpaired) electrons. The summed E-state index contributed by atoms with van der Waals surface area (Å²) in [5.41, 5.74) is 7.40. The van der Waals surface area contributed by atoms with E-state index >= 15 is 0 Å². The molecule has 0 saturated carbocycles. The highest BCUT2D eigenvalue weighted by Crippen LogP contribution is 2.29. The first-order valence-electron chi connectivity index (χ1n) is 4.49. The molecular formula is C10H10BrN3S. The maximum Gasteiger partial charge on any atom is 0.169 e. The van der Waals surface area contributed by atoms with Crippen LogP contribution >= 0.6 is 27.3 Å². The fourth-order valence-corrected chi connectivity index (χ4v) is 2.60. The summed E-state index contributed by atoms with van der Waals surface area (Å²) in [4.78, 5) is 9.83. The van der Waals surface area contributed by atoms with Crippen molar-refractivity contribution < 1.29 is 0 Å². The van der Waals surface area contributed by atoms with E-state index < -0.39 is 0 Å². The Morgan fingerprint density at radius 2 is 2.20 bits per heavy atom. The SMILES string of the molecule is Cc1cc(CN)nc(-c2ccc(Br)s2)n1. The maximum atomic E-state index is 5.57. The van der Waals surface area contributed by atoms with Gasteiger partial charge < -0.3 is 5.73 Å². The van der Waals surface area contributed by atoms with Crippen LogP contribution in [0.4, 0.5) is 0 Å². The van der Waals surface area contributed by atoms with Gasteiger partial charge >= 0.3 is 0 Å². The van der Waals surface area contributed by atoms with Crippen LogP contribution in [0, 0.1) is 6.92 Å². The molecule has 78 valence electrons. The summed E-state index contributed by atoms with van der Waals surface area (Å²) in [5.74, 6) is 0.756. The van der Waals surface area contributed by atoms with Gasteiger partial charge in [0.05, 0.1) is 14.4 Å². The number of halogens is 1. The average molecular weight is 284 g/mol. The van der Waals surface area contributed by atoms with Gasteiger partial charge in [-0.1, -0.05) is 0 Å². The highest BCUT2D eigenvalue weighted by atomic mass is 79.9. The average Bonchev–Trinajstić information content (AvgIpc) is 2.64. The first kappa shape index (κ1) is 10.7. The lowest BCUT2D eigenvalue weighted by Gasteiger charge is -2.01. The summed E-state index contributed by atoms with van der Waals surface area (Å²) >= 11 is 5.04. The Morgan fingerprint density at radius 3 is 2.80 bits per heavy atom. The zero-order chi connectivity index (χ0) is 10.8.